The lowest BCUT2D eigenvalue weighted by Gasteiger charge is -2.16. The van der Waals surface area contributed by atoms with Gasteiger partial charge in [-0.3, -0.25) is 4.79 Å². The Morgan fingerprint density at radius 1 is 1.15 bits per heavy atom. The van der Waals surface area contributed by atoms with Crippen molar-refractivity contribution in [3.8, 4) is 5.75 Å². The average Bonchev–Trinajstić information content (AvgIpc) is 2.57. The van der Waals surface area contributed by atoms with E-state index in [1.165, 1.54) is 26.2 Å². The predicted octanol–water partition coefficient (Wildman–Crippen LogP) is 2.59. The van der Waals surface area contributed by atoms with Gasteiger partial charge in [0, 0.05) is 0 Å². The molecular weight excluding hydrogens is 366 g/mol. The van der Waals surface area contributed by atoms with Crippen molar-refractivity contribution in [3.05, 3.63) is 53.6 Å². The van der Waals surface area contributed by atoms with Crippen molar-refractivity contribution < 1.29 is 26.7 Å². The van der Waals surface area contributed by atoms with Gasteiger partial charge in [0.15, 0.2) is 0 Å². The molecule has 0 fully saturated rings. The number of amides is 1. The lowest BCUT2D eigenvalue weighted by Crippen LogP contribution is -2.41. The number of hydrogen-bond acceptors (Lipinski definition) is 4. The monoisotopic (exact) mass is 384 g/mol. The van der Waals surface area contributed by atoms with Crippen LogP contribution >= 0.6 is 0 Å². The minimum atomic E-state index is -4.11. The summed E-state index contributed by atoms with van der Waals surface area (Å²) in [5.41, 5.74) is 0.0355. The van der Waals surface area contributed by atoms with Crippen LogP contribution in [0.3, 0.4) is 0 Å². The van der Waals surface area contributed by atoms with Crippen LogP contribution in [0.2, 0.25) is 0 Å². The van der Waals surface area contributed by atoms with Crippen molar-refractivity contribution in [2.45, 2.75) is 24.8 Å². The zero-order valence-electron chi connectivity index (χ0n) is 14.3. The van der Waals surface area contributed by atoms with E-state index in [2.05, 4.69) is 4.72 Å². The smallest absolute Gasteiger partial charge is 0.244 e. The quantitative estimate of drug-likeness (QED) is 0.802. The summed E-state index contributed by atoms with van der Waals surface area (Å²) in [5, 5.41) is 2.05. The Morgan fingerprint density at radius 3 is 2.35 bits per heavy atom. The Labute approximate surface area is 150 Å². The Hall–Kier alpha value is -2.52. The molecule has 0 radical (unpaired) electrons. The molecule has 0 spiro atoms. The molecule has 0 aliphatic carbocycles. The van der Waals surface area contributed by atoms with Crippen molar-refractivity contribution in [1.29, 1.82) is 0 Å². The summed E-state index contributed by atoms with van der Waals surface area (Å²) in [4.78, 5) is 12.0. The number of nitrogens with one attached hydrogen (secondary N) is 2. The molecule has 1 amide bonds. The topological polar surface area (TPSA) is 84.5 Å². The molecule has 2 aromatic carbocycles. The third kappa shape index (κ3) is 4.36. The molecule has 0 saturated heterocycles. The summed E-state index contributed by atoms with van der Waals surface area (Å²) in [6.45, 7) is 2.96. The van der Waals surface area contributed by atoms with Crippen molar-refractivity contribution in [1.82, 2.24) is 4.72 Å². The molecule has 0 unspecified atom stereocenters. The maximum absolute atomic E-state index is 13.6. The number of anilines is 1. The zero-order valence-corrected chi connectivity index (χ0v) is 15.2. The Balaban J connectivity index is 2.22. The van der Waals surface area contributed by atoms with Crippen LogP contribution in [0.4, 0.5) is 14.5 Å². The first-order chi connectivity index (χ1) is 12.2. The fourth-order valence-electron chi connectivity index (χ4n) is 2.19. The molecule has 2 aromatic rings. The summed E-state index contributed by atoms with van der Waals surface area (Å²) in [7, 11) is -2.79. The van der Waals surface area contributed by atoms with E-state index in [1.807, 2.05) is 5.32 Å². The highest BCUT2D eigenvalue weighted by Crippen LogP contribution is 2.25. The number of sulfonamides is 1. The molecule has 0 heterocycles. The second-order valence-corrected chi connectivity index (χ2v) is 7.27. The number of benzene rings is 2. The molecule has 6 nitrogen and oxygen atoms in total. The molecule has 0 aliphatic heterocycles. The number of ether oxygens (including phenoxy) is 1. The van der Waals surface area contributed by atoms with Crippen LogP contribution in [0.15, 0.2) is 41.3 Å². The van der Waals surface area contributed by atoms with Gasteiger partial charge in [0.2, 0.25) is 15.9 Å². The zero-order chi connectivity index (χ0) is 19.5. The highest BCUT2D eigenvalue weighted by Gasteiger charge is 2.26. The summed E-state index contributed by atoms with van der Waals surface area (Å²) in [5.74, 6) is -2.73. The number of carbonyl (C=O) groups excluding carboxylic acids is 1. The highest BCUT2D eigenvalue weighted by molar-refractivity contribution is 7.89. The van der Waals surface area contributed by atoms with Crippen LogP contribution < -0.4 is 14.8 Å². The number of aryl methyl sites for hydroxylation is 1. The number of carbonyl (C=O) groups is 1. The van der Waals surface area contributed by atoms with E-state index in [0.717, 1.165) is 18.2 Å². The minimum absolute atomic E-state index is 0.107. The first-order valence-electron chi connectivity index (χ1n) is 7.57. The summed E-state index contributed by atoms with van der Waals surface area (Å²) in [6.07, 6.45) is 0. The van der Waals surface area contributed by atoms with Crippen LogP contribution in [0.1, 0.15) is 12.5 Å². The Bertz CT molecular complexity index is 912. The van der Waals surface area contributed by atoms with Gasteiger partial charge in [0.25, 0.3) is 0 Å². The van der Waals surface area contributed by atoms with Crippen molar-refractivity contribution in [2.75, 3.05) is 12.4 Å². The van der Waals surface area contributed by atoms with Crippen LogP contribution in [0.25, 0.3) is 0 Å². The molecule has 2 N–H and O–H groups in total. The van der Waals surface area contributed by atoms with E-state index in [9.17, 15) is 22.0 Å². The number of para-hydroxylation sites is 1. The van der Waals surface area contributed by atoms with Gasteiger partial charge >= 0.3 is 0 Å². The molecule has 26 heavy (non-hydrogen) atoms. The molecule has 9 heteroatoms. The van der Waals surface area contributed by atoms with E-state index in [0.29, 0.717) is 5.56 Å². The fraction of sp³-hybridized carbons (Fsp3) is 0.235. The van der Waals surface area contributed by atoms with Crippen molar-refractivity contribution in [2.24, 2.45) is 0 Å². The Kier molecular flexibility index (Phi) is 5.94. The fourth-order valence-corrected chi connectivity index (χ4v) is 3.65. The average molecular weight is 384 g/mol. The van der Waals surface area contributed by atoms with Crippen LogP contribution in [-0.2, 0) is 14.8 Å². The molecule has 0 bridgehead atoms. The van der Waals surface area contributed by atoms with Crippen LogP contribution in [0.5, 0.6) is 5.75 Å². The van der Waals surface area contributed by atoms with Gasteiger partial charge < -0.3 is 10.1 Å². The summed E-state index contributed by atoms with van der Waals surface area (Å²) >= 11 is 0. The molecule has 0 saturated carbocycles. The normalized spacial score (nSPS) is 12.5. The number of hydrogen-bond donors (Lipinski definition) is 2. The second kappa shape index (κ2) is 7.79. The van der Waals surface area contributed by atoms with E-state index in [4.69, 9.17) is 4.74 Å². The third-order valence-corrected chi connectivity index (χ3v) is 5.11. The largest absolute Gasteiger partial charge is 0.495 e. The SMILES string of the molecule is COc1ccc(C)cc1S(=O)(=O)N[C@@H](C)C(=O)Nc1c(F)cccc1F. The van der Waals surface area contributed by atoms with Crippen LogP contribution in [-0.4, -0.2) is 27.5 Å². The van der Waals surface area contributed by atoms with Crippen LogP contribution in [0, 0.1) is 18.6 Å². The van der Waals surface area contributed by atoms with E-state index in [1.54, 1.807) is 13.0 Å². The van der Waals surface area contributed by atoms with Gasteiger partial charge in [0.1, 0.15) is 28.0 Å². The second-order valence-electron chi connectivity index (χ2n) is 5.58. The van der Waals surface area contributed by atoms with E-state index in [-0.39, 0.29) is 10.6 Å². The standard InChI is InChI=1S/C17H18F2N2O4S/c1-10-7-8-14(25-3)15(9-10)26(23,24)21-11(2)17(22)20-16-12(18)5-4-6-13(16)19/h4-9,11,21H,1-3H3,(H,20,22)/t11-/m0/s1. The predicted molar refractivity (Wildman–Crippen MR) is 92.5 cm³/mol. The molecule has 140 valence electrons. The maximum Gasteiger partial charge on any atom is 0.244 e. The molecule has 1 atom stereocenters. The molecule has 0 aromatic heterocycles. The Morgan fingerprint density at radius 2 is 1.77 bits per heavy atom. The maximum atomic E-state index is 13.6. The van der Waals surface area contributed by atoms with E-state index < -0.39 is 39.3 Å². The van der Waals surface area contributed by atoms with Crippen molar-refractivity contribution >= 4 is 21.6 Å². The van der Waals surface area contributed by atoms with Gasteiger partial charge in [-0.25, -0.2) is 17.2 Å². The van der Waals surface area contributed by atoms with Gasteiger partial charge in [-0.1, -0.05) is 12.1 Å². The van der Waals surface area contributed by atoms with Gasteiger partial charge in [0.05, 0.1) is 13.2 Å². The molecule has 0 aliphatic rings. The summed E-state index contributed by atoms with van der Waals surface area (Å²) < 4.78 is 59.5. The lowest BCUT2D eigenvalue weighted by atomic mass is 10.2. The lowest BCUT2D eigenvalue weighted by molar-refractivity contribution is -0.117. The first kappa shape index (κ1) is 19.8. The molecule has 2 rings (SSSR count). The summed E-state index contributed by atoms with van der Waals surface area (Å²) in [6, 6.07) is 6.37. The highest BCUT2D eigenvalue weighted by atomic mass is 32.2. The number of methoxy groups -OCH3 is 1. The van der Waals surface area contributed by atoms with Gasteiger partial charge in [-0.2, -0.15) is 4.72 Å². The van der Waals surface area contributed by atoms with E-state index >= 15 is 0 Å². The van der Waals surface area contributed by atoms with Gasteiger partial charge in [-0.05, 0) is 43.7 Å². The van der Waals surface area contributed by atoms with Crippen molar-refractivity contribution in [3.63, 3.8) is 0 Å². The third-order valence-electron chi connectivity index (χ3n) is 3.54. The number of halogens is 2. The number of rotatable bonds is 6. The molecular formula is C17H18F2N2O4S. The minimum Gasteiger partial charge on any atom is -0.495 e. The first-order valence-corrected chi connectivity index (χ1v) is 9.06. The van der Waals surface area contributed by atoms with Gasteiger partial charge in [-0.15, -0.1) is 0 Å².